The molecule has 0 spiro atoms. The highest BCUT2D eigenvalue weighted by atomic mass is 16.5. The fraction of sp³-hybridized carbons (Fsp3) is 0.480. The number of piperidine rings is 6. The minimum absolute atomic E-state index is 0.0994. The first-order valence-electron chi connectivity index (χ1n) is 22.4. The minimum Gasteiger partial charge on any atom is -0.497 e. The Bertz CT molecular complexity index is 2310. The van der Waals surface area contributed by atoms with E-state index in [1.165, 1.54) is 49.7 Å². The number of aromatic nitrogens is 4. The lowest BCUT2D eigenvalue weighted by Gasteiger charge is -2.52. The Morgan fingerprint density at radius 1 is 0.600 bits per heavy atom. The second kappa shape index (κ2) is 16.8. The maximum Gasteiger partial charge on any atom is 0.241 e. The molecule has 6 aliphatic heterocycles. The molecule has 12 rings (SSSR count). The molecule has 10 atom stereocenters. The molecule has 312 valence electrons. The summed E-state index contributed by atoms with van der Waals surface area (Å²) in [5, 5.41) is 13.6. The molecule has 0 aliphatic carbocycles. The Labute approximate surface area is 353 Å². The van der Waals surface area contributed by atoms with Crippen LogP contribution in [0.3, 0.4) is 0 Å². The molecular weight excluding hydrogens is 749 g/mol. The average Bonchev–Trinajstić information content (AvgIpc) is 3.32. The number of pyridine rings is 2. The molecule has 60 heavy (non-hydrogen) atoms. The fourth-order valence-corrected chi connectivity index (χ4v) is 11.7. The number of ether oxygens (including phenoxy) is 4. The molecule has 5 unspecified atom stereocenters. The van der Waals surface area contributed by atoms with Crippen molar-refractivity contribution >= 4 is 32.6 Å². The Balaban J connectivity index is 0.967. The topological polar surface area (TPSA) is 95.0 Å². The molecule has 10 nitrogen and oxygen atoms in total. The van der Waals surface area contributed by atoms with Crippen LogP contribution < -0.4 is 18.9 Å². The normalized spacial score (nSPS) is 26.9. The van der Waals surface area contributed by atoms with E-state index in [1.807, 2.05) is 36.7 Å². The zero-order valence-electron chi connectivity index (χ0n) is 35.5. The van der Waals surface area contributed by atoms with Crippen LogP contribution in [0.5, 0.6) is 23.3 Å². The highest BCUT2D eigenvalue weighted by Crippen LogP contribution is 2.46. The van der Waals surface area contributed by atoms with Crippen molar-refractivity contribution in [1.82, 2.24) is 30.0 Å². The van der Waals surface area contributed by atoms with Gasteiger partial charge >= 0.3 is 0 Å². The first kappa shape index (κ1) is 39.1. The number of hydrogen-bond donors (Lipinski definition) is 0. The molecule has 3 aromatic carbocycles. The molecule has 9 heterocycles. The Morgan fingerprint density at radius 3 is 1.47 bits per heavy atom. The highest BCUT2D eigenvalue weighted by Gasteiger charge is 2.45. The van der Waals surface area contributed by atoms with E-state index in [2.05, 4.69) is 72.2 Å². The lowest BCUT2D eigenvalue weighted by Crippen LogP contribution is -2.55. The van der Waals surface area contributed by atoms with E-state index in [9.17, 15) is 0 Å². The summed E-state index contributed by atoms with van der Waals surface area (Å²) in [5.74, 6) is 5.91. The Hall–Kier alpha value is -5.06. The van der Waals surface area contributed by atoms with Gasteiger partial charge in [0.15, 0.2) is 0 Å². The van der Waals surface area contributed by atoms with Crippen molar-refractivity contribution in [1.29, 1.82) is 0 Å². The average molecular weight is 807 g/mol. The molecule has 6 fully saturated rings. The van der Waals surface area contributed by atoms with Crippen LogP contribution in [-0.4, -0.2) is 95.7 Å². The van der Waals surface area contributed by atoms with Gasteiger partial charge in [-0.15, -0.1) is 10.2 Å². The maximum absolute atomic E-state index is 6.89. The summed E-state index contributed by atoms with van der Waals surface area (Å²) >= 11 is 0. The maximum atomic E-state index is 6.89. The minimum atomic E-state index is 0.0994. The van der Waals surface area contributed by atoms with Crippen molar-refractivity contribution in [2.45, 2.75) is 76.3 Å². The zero-order valence-corrected chi connectivity index (χ0v) is 35.5. The SMILES string of the molecule is CCC1CN2CCC1C[C@@H]2[C@@H](COc1nnc(OC[C@@H](c2ccnc3ccc(OC)cc23)C2C[C@H]3CCN2C[C@@H]3CC)c2ccccc12)c1ccnc2ccc(OC)cc12. The van der Waals surface area contributed by atoms with E-state index in [0.29, 0.717) is 37.1 Å². The third kappa shape index (κ3) is 7.19. The van der Waals surface area contributed by atoms with Gasteiger partial charge in [0.05, 0.1) is 49.2 Å². The summed E-state index contributed by atoms with van der Waals surface area (Å²) in [6.45, 7) is 10.2. The van der Waals surface area contributed by atoms with E-state index >= 15 is 0 Å². The molecule has 3 aromatic heterocycles. The molecule has 0 saturated carbocycles. The monoisotopic (exact) mass is 806 g/mol. The standard InChI is InChI=1S/C50H58N6O4/c1-5-31-27-55-21-17-33(31)23-47(55)43(37-15-19-51-45-13-11-35(57-3)25-41(37)45)29-59-49-39-9-7-8-10-40(39)50(54-53-49)60-30-44(48-24-34-18-22-56(48)28-32(34)6-2)38-16-20-52-46-14-12-36(58-4)26-42(38)46/h7-16,19-20,25-26,31-34,43-44,47-48H,5-6,17-18,21-24,27-30H2,1-4H3/t31-,32?,33+,34?,43-,44-,47?,48+/m0/s1. The molecule has 6 aromatic rings. The number of benzene rings is 3. The molecular formula is C50H58N6O4. The van der Waals surface area contributed by atoms with Crippen LogP contribution in [0, 0.1) is 23.7 Å². The number of fused-ring (bicyclic) bond motifs is 9. The van der Waals surface area contributed by atoms with Crippen molar-refractivity contribution in [3.05, 3.63) is 96.3 Å². The van der Waals surface area contributed by atoms with Crippen LogP contribution >= 0.6 is 0 Å². The third-order valence-corrected chi connectivity index (χ3v) is 15.0. The van der Waals surface area contributed by atoms with Gasteiger partial charge in [-0.1, -0.05) is 38.8 Å². The quantitative estimate of drug-likeness (QED) is 0.106. The predicted molar refractivity (Wildman–Crippen MR) is 236 cm³/mol. The van der Waals surface area contributed by atoms with Gasteiger partial charge in [-0.25, -0.2) is 0 Å². The van der Waals surface area contributed by atoms with E-state index in [4.69, 9.17) is 39.1 Å². The predicted octanol–water partition coefficient (Wildman–Crippen LogP) is 9.31. The van der Waals surface area contributed by atoms with Crippen LogP contribution in [0.4, 0.5) is 0 Å². The highest BCUT2D eigenvalue weighted by molar-refractivity contribution is 5.90. The smallest absolute Gasteiger partial charge is 0.241 e. The first-order chi connectivity index (χ1) is 29.5. The zero-order chi connectivity index (χ0) is 40.7. The van der Waals surface area contributed by atoms with Gasteiger partial charge in [0.1, 0.15) is 11.5 Å². The summed E-state index contributed by atoms with van der Waals surface area (Å²) in [6.07, 6.45) is 11.2. The van der Waals surface area contributed by atoms with Crippen LogP contribution in [-0.2, 0) is 0 Å². The lowest BCUT2D eigenvalue weighted by atomic mass is 9.70. The van der Waals surface area contributed by atoms with Crippen molar-refractivity contribution in [3.63, 3.8) is 0 Å². The second-order valence-electron chi connectivity index (χ2n) is 17.8. The second-order valence-corrected chi connectivity index (χ2v) is 17.8. The van der Waals surface area contributed by atoms with Gasteiger partial charge < -0.3 is 18.9 Å². The number of nitrogens with zero attached hydrogens (tertiary/aromatic N) is 6. The molecule has 0 radical (unpaired) electrons. The van der Waals surface area contributed by atoms with Crippen molar-refractivity contribution in [3.8, 4) is 23.3 Å². The Kier molecular flexibility index (Phi) is 10.9. The Morgan fingerprint density at radius 2 is 1.07 bits per heavy atom. The van der Waals surface area contributed by atoms with Gasteiger partial charge in [0, 0.05) is 60.2 Å². The van der Waals surface area contributed by atoms with Crippen molar-refractivity contribution in [2.75, 3.05) is 53.6 Å². The molecule has 4 bridgehead atoms. The fourth-order valence-electron chi connectivity index (χ4n) is 11.7. The van der Waals surface area contributed by atoms with Gasteiger partial charge in [0.25, 0.3) is 0 Å². The largest absolute Gasteiger partial charge is 0.497 e. The summed E-state index contributed by atoms with van der Waals surface area (Å²) in [6, 6.07) is 25.7. The number of methoxy groups -OCH3 is 2. The van der Waals surface area contributed by atoms with Crippen molar-refractivity contribution in [2.24, 2.45) is 23.7 Å². The molecule has 0 amide bonds. The molecule has 6 saturated heterocycles. The van der Waals surface area contributed by atoms with E-state index in [0.717, 1.165) is 93.9 Å². The van der Waals surface area contributed by atoms with Gasteiger partial charge in [-0.2, -0.15) is 0 Å². The summed E-state index contributed by atoms with van der Waals surface area (Å²) in [5.41, 5.74) is 4.42. The summed E-state index contributed by atoms with van der Waals surface area (Å²) in [7, 11) is 3.45. The number of rotatable bonds is 14. The van der Waals surface area contributed by atoms with Crippen LogP contribution in [0.1, 0.15) is 75.3 Å². The summed E-state index contributed by atoms with van der Waals surface area (Å²) < 4.78 is 25.2. The van der Waals surface area contributed by atoms with Crippen LogP contribution in [0.25, 0.3) is 32.6 Å². The van der Waals surface area contributed by atoms with Crippen LogP contribution in [0.2, 0.25) is 0 Å². The first-order valence-corrected chi connectivity index (χ1v) is 22.4. The van der Waals surface area contributed by atoms with Crippen molar-refractivity contribution < 1.29 is 18.9 Å². The van der Waals surface area contributed by atoms with Gasteiger partial charge in [0.2, 0.25) is 11.8 Å². The van der Waals surface area contributed by atoms with Gasteiger partial charge in [-0.05, 0) is 134 Å². The molecule has 10 heteroatoms. The number of hydrogen-bond acceptors (Lipinski definition) is 10. The van der Waals surface area contributed by atoms with E-state index in [-0.39, 0.29) is 11.8 Å². The molecule has 6 aliphatic rings. The van der Waals surface area contributed by atoms with E-state index in [1.54, 1.807) is 14.2 Å². The van der Waals surface area contributed by atoms with E-state index < -0.39 is 0 Å². The molecule has 0 N–H and O–H groups in total. The third-order valence-electron chi connectivity index (χ3n) is 15.0. The lowest BCUT2D eigenvalue weighted by molar-refractivity contribution is -0.0177. The summed E-state index contributed by atoms with van der Waals surface area (Å²) in [4.78, 5) is 15.0. The van der Waals surface area contributed by atoms with Gasteiger partial charge in [-0.3, -0.25) is 19.8 Å². The van der Waals surface area contributed by atoms with Crippen LogP contribution in [0.15, 0.2) is 85.2 Å².